The fourth-order valence-corrected chi connectivity index (χ4v) is 2.49. The van der Waals surface area contributed by atoms with E-state index >= 15 is 0 Å². The molecular formula is C22H31FIN5O3. The number of benzene rings is 1. The van der Waals surface area contributed by atoms with Crippen LogP contribution in [-0.2, 0) is 11.3 Å². The van der Waals surface area contributed by atoms with Gasteiger partial charge in [0.2, 0.25) is 5.88 Å². The standard InChI is InChI=1S/C22H30FN5O3.HI/c1-22(2,3)31-21(29)27-13-7-12-26-20(24-4)28-15-16-8-6-11-25-19(16)30-18-10-5-9-17(23)14-18;/h5-6,8-11,14H,7,12-13,15H2,1-4H3,(H,27,29)(H2,24,26,28);1H. The highest BCUT2D eigenvalue weighted by Crippen LogP contribution is 2.23. The van der Waals surface area contributed by atoms with E-state index in [2.05, 4.69) is 25.9 Å². The van der Waals surface area contributed by atoms with E-state index in [-0.39, 0.29) is 29.8 Å². The highest BCUT2D eigenvalue weighted by molar-refractivity contribution is 14.0. The molecule has 0 saturated carbocycles. The summed E-state index contributed by atoms with van der Waals surface area (Å²) in [5.41, 5.74) is 0.277. The van der Waals surface area contributed by atoms with Gasteiger partial charge >= 0.3 is 6.09 Å². The number of carbonyl (C=O) groups is 1. The quantitative estimate of drug-likeness (QED) is 0.194. The summed E-state index contributed by atoms with van der Waals surface area (Å²) in [5, 5.41) is 9.07. The molecule has 8 nitrogen and oxygen atoms in total. The number of rotatable bonds is 8. The first-order chi connectivity index (χ1) is 14.8. The van der Waals surface area contributed by atoms with E-state index in [1.807, 2.05) is 26.8 Å². The van der Waals surface area contributed by atoms with E-state index in [0.717, 1.165) is 5.56 Å². The van der Waals surface area contributed by atoms with Gasteiger partial charge in [0.05, 0.1) is 0 Å². The lowest BCUT2D eigenvalue weighted by molar-refractivity contribution is 0.0527. The SMILES string of the molecule is CN=C(NCCCNC(=O)OC(C)(C)C)NCc1cccnc1Oc1cccc(F)c1.I. The molecule has 0 aliphatic carbocycles. The summed E-state index contributed by atoms with van der Waals surface area (Å²) >= 11 is 0. The van der Waals surface area contributed by atoms with Gasteiger partial charge in [-0.25, -0.2) is 14.2 Å². The number of hydrogen-bond acceptors (Lipinski definition) is 5. The predicted molar refractivity (Wildman–Crippen MR) is 133 cm³/mol. The first-order valence-electron chi connectivity index (χ1n) is 10.1. The van der Waals surface area contributed by atoms with Gasteiger partial charge in [-0.05, 0) is 45.4 Å². The van der Waals surface area contributed by atoms with Gasteiger partial charge in [-0.1, -0.05) is 12.1 Å². The first-order valence-corrected chi connectivity index (χ1v) is 10.1. The van der Waals surface area contributed by atoms with Crippen LogP contribution in [-0.4, -0.2) is 42.8 Å². The van der Waals surface area contributed by atoms with E-state index in [4.69, 9.17) is 9.47 Å². The predicted octanol–water partition coefficient (Wildman–Crippen LogP) is 4.21. The maximum atomic E-state index is 13.4. The van der Waals surface area contributed by atoms with Crippen LogP contribution >= 0.6 is 24.0 Å². The maximum absolute atomic E-state index is 13.4. The summed E-state index contributed by atoms with van der Waals surface area (Å²) in [7, 11) is 1.67. The van der Waals surface area contributed by atoms with Crippen molar-refractivity contribution in [2.24, 2.45) is 4.99 Å². The van der Waals surface area contributed by atoms with E-state index in [1.54, 1.807) is 31.4 Å². The molecule has 0 atom stereocenters. The van der Waals surface area contributed by atoms with Crippen molar-refractivity contribution in [1.82, 2.24) is 20.9 Å². The Bertz CT molecular complexity index is 890. The fraction of sp³-hybridized carbons (Fsp3) is 0.409. The van der Waals surface area contributed by atoms with Crippen LogP contribution in [0.3, 0.4) is 0 Å². The number of nitrogens with one attached hydrogen (secondary N) is 3. The van der Waals surface area contributed by atoms with E-state index in [9.17, 15) is 9.18 Å². The Morgan fingerprint density at radius 2 is 1.88 bits per heavy atom. The molecular weight excluding hydrogens is 528 g/mol. The smallest absolute Gasteiger partial charge is 0.407 e. The van der Waals surface area contributed by atoms with Crippen LogP contribution in [0.25, 0.3) is 0 Å². The van der Waals surface area contributed by atoms with Crippen molar-refractivity contribution in [3.63, 3.8) is 0 Å². The van der Waals surface area contributed by atoms with E-state index in [1.165, 1.54) is 12.1 Å². The lowest BCUT2D eigenvalue weighted by Crippen LogP contribution is -2.39. The molecule has 0 bridgehead atoms. The molecule has 2 rings (SSSR count). The number of pyridine rings is 1. The monoisotopic (exact) mass is 559 g/mol. The second kappa shape index (κ2) is 13.7. The topological polar surface area (TPSA) is 96.9 Å². The number of hydrogen-bond donors (Lipinski definition) is 3. The fourth-order valence-electron chi connectivity index (χ4n) is 2.49. The minimum absolute atomic E-state index is 0. The number of amides is 1. The molecule has 176 valence electrons. The van der Waals surface area contributed by atoms with Gasteiger partial charge in [0.1, 0.15) is 17.2 Å². The van der Waals surface area contributed by atoms with E-state index < -0.39 is 11.7 Å². The van der Waals surface area contributed by atoms with Crippen molar-refractivity contribution in [1.29, 1.82) is 0 Å². The number of carbonyl (C=O) groups excluding carboxylic acids is 1. The molecule has 1 aromatic carbocycles. The zero-order valence-corrected chi connectivity index (χ0v) is 21.1. The lowest BCUT2D eigenvalue weighted by Gasteiger charge is -2.19. The summed E-state index contributed by atoms with van der Waals surface area (Å²) in [4.78, 5) is 20.0. The third-order valence-electron chi connectivity index (χ3n) is 3.84. The highest BCUT2D eigenvalue weighted by atomic mass is 127. The number of aliphatic imine (C=N–C) groups is 1. The number of halogens is 2. The molecule has 10 heteroatoms. The molecule has 0 aliphatic rings. The minimum atomic E-state index is -0.516. The molecule has 1 heterocycles. The molecule has 2 aromatic rings. The zero-order chi connectivity index (χ0) is 22.7. The molecule has 0 radical (unpaired) electrons. The van der Waals surface area contributed by atoms with Crippen molar-refractivity contribution in [2.75, 3.05) is 20.1 Å². The van der Waals surface area contributed by atoms with Crippen LogP contribution in [0.4, 0.5) is 9.18 Å². The Kier molecular flexibility index (Phi) is 11.7. The Labute approximate surface area is 205 Å². The molecule has 0 saturated heterocycles. The Morgan fingerprint density at radius 1 is 1.12 bits per heavy atom. The highest BCUT2D eigenvalue weighted by Gasteiger charge is 2.15. The number of alkyl carbamates (subject to hydrolysis) is 1. The van der Waals surface area contributed by atoms with Crippen LogP contribution in [0.1, 0.15) is 32.8 Å². The van der Waals surface area contributed by atoms with Crippen LogP contribution in [0.2, 0.25) is 0 Å². The van der Waals surface area contributed by atoms with Crippen molar-refractivity contribution in [3.05, 3.63) is 54.0 Å². The summed E-state index contributed by atoms with van der Waals surface area (Å²) in [5.74, 6) is 0.981. The van der Waals surface area contributed by atoms with Gasteiger partial charge in [-0.3, -0.25) is 4.99 Å². The second-order valence-electron chi connectivity index (χ2n) is 7.66. The average molecular weight is 559 g/mol. The summed E-state index contributed by atoms with van der Waals surface area (Å²) in [6, 6.07) is 9.57. The van der Waals surface area contributed by atoms with Gasteiger partial charge < -0.3 is 25.4 Å². The summed E-state index contributed by atoms with van der Waals surface area (Å²) in [6.07, 6.45) is 1.88. The molecule has 1 aromatic heterocycles. The molecule has 0 fully saturated rings. The zero-order valence-electron chi connectivity index (χ0n) is 18.8. The minimum Gasteiger partial charge on any atom is -0.444 e. The van der Waals surface area contributed by atoms with Gasteiger partial charge in [0, 0.05) is 44.5 Å². The Balaban J connectivity index is 0.00000512. The second-order valence-corrected chi connectivity index (χ2v) is 7.66. The number of nitrogens with zero attached hydrogens (tertiary/aromatic N) is 2. The molecule has 3 N–H and O–H groups in total. The van der Waals surface area contributed by atoms with Gasteiger partial charge in [0.25, 0.3) is 0 Å². The Morgan fingerprint density at radius 3 is 2.56 bits per heavy atom. The van der Waals surface area contributed by atoms with Crippen molar-refractivity contribution >= 4 is 36.0 Å². The summed E-state index contributed by atoms with van der Waals surface area (Å²) in [6.45, 7) is 6.96. The Hall–Kier alpha value is -2.63. The average Bonchev–Trinajstić information content (AvgIpc) is 2.70. The van der Waals surface area contributed by atoms with Gasteiger partial charge in [0.15, 0.2) is 5.96 Å². The molecule has 0 spiro atoms. The maximum Gasteiger partial charge on any atom is 0.407 e. The first kappa shape index (κ1) is 27.4. The third kappa shape index (κ3) is 10.6. The van der Waals surface area contributed by atoms with Crippen LogP contribution in [0.5, 0.6) is 11.6 Å². The van der Waals surface area contributed by atoms with Crippen LogP contribution < -0.4 is 20.7 Å². The number of guanidine groups is 1. The molecule has 0 unspecified atom stereocenters. The normalized spacial score (nSPS) is 11.2. The molecule has 0 aliphatic heterocycles. The molecule has 1 amide bonds. The van der Waals surface area contributed by atoms with E-state index in [0.29, 0.717) is 43.6 Å². The van der Waals surface area contributed by atoms with Crippen molar-refractivity contribution in [2.45, 2.75) is 39.3 Å². The number of aromatic nitrogens is 1. The summed E-state index contributed by atoms with van der Waals surface area (Å²) < 4.78 is 24.3. The van der Waals surface area contributed by atoms with Gasteiger partial charge in [-0.15, -0.1) is 24.0 Å². The van der Waals surface area contributed by atoms with Crippen LogP contribution in [0.15, 0.2) is 47.6 Å². The molecule has 32 heavy (non-hydrogen) atoms. The third-order valence-corrected chi connectivity index (χ3v) is 3.84. The van der Waals surface area contributed by atoms with Gasteiger partial charge in [-0.2, -0.15) is 0 Å². The number of ether oxygens (including phenoxy) is 2. The van der Waals surface area contributed by atoms with Crippen LogP contribution in [0, 0.1) is 5.82 Å². The van der Waals surface area contributed by atoms with Crippen molar-refractivity contribution in [3.8, 4) is 11.6 Å². The lowest BCUT2D eigenvalue weighted by atomic mass is 10.2. The largest absolute Gasteiger partial charge is 0.444 e. The van der Waals surface area contributed by atoms with Crippen molar-refractivity contribution < 1.29 is 18.7 Å².